The van der Waals surface area contributed by atoms with Crippen LogP contribution in [0.15, 0.2) is 21.3 Å². The van der Waals surface area contributed by atoms with Crippen molar-refractivity contribution in [1.29, 1.82) is 0 Å². The maximum atomic E-state index is 13.1. The Morgan fingerprint density at radius 2 is 2.07 bits per heavy atom. The molecule has 3 aromatic rings. The first-order valence-electron chi connectivity index (χ1n) is 9.90. The molecule has 3 aromatic heterocycles. The second-order valence-electron chi connectivity index (χ2n) is 6.76. The number of carbonyl (C=O) groups excluding carboxylic acids is 1. The fourth-order valence-corrected chi connectivity index (χ4v) is 3.44. The monoisotopic (exact) mass is 388 g/mol. The summed E-state index contributed by atoms with van der Waals surface area (Å²) in [6, 6.07) is 2.97. The number of furan rings is 1. The number of hydrogen-bond donors (Lipinski definition) is 1. The summed E-state index contributed by atoms with van der Waals surface area (Å²) in [5.74, 6) is 1.29. The van der Waals surface area contributed by atoms with Crippen molar-refractivity contribution in [2.24, 2.45) is 0 Å². The van der Waals surface area contributed by atoms with Gasteiger partial charge < -0.3 is 14.5 Å². The van der Waals surface area contributed by atoms with Gasteiger partial charge in [-0.2, -0.15) is 5.10 Å². The Hall–Kier alpha value is -2.61. The lowest BCUT2D eigenvalue weighted by molar-refractivity contribution is -0.124. The van der Waals surface area contributed by atoms with Crippen LogP contribution >= 0.6 is 0 Å². The molecule has 152 valence electrons. The van der Waals surface area contributed by atoms with Crippen LogP contribution in [0.3, 0.4) is 0 Å². The predicted molar refractivity (Wildman–Crippen MR) is 107 cm³/mol. The van der Waals surface area contributed by atoms with Crippen LogP contribution in [-0.2, 0) is 16.0 Å². The molecule has 0 saturated heterocycles. The van der Waals surface area contributed by atoms with Gasteiger partial charge in [0.05, 0.1) is 5.52 Å². The zero-order chi connectivity index (χ0) is 20.3. The Labute approximate surface area is 163 Å². The van der Waals surface area contributed by atoms with Crippen LogP contribution < -0.4 is 10.9 Å². The molecule has 0 aliphatic rings. The molecule has 8 nitrogen and oxygen atoms in total. The van der Waals surface area contributed by atoms with Crippen molar-refractivity contribution in [1.82, 2.24) is 19.5 Å². The van der Waals surface area contributed by atoms with Crippen molar-refractivity contribution in [3.63, 3.8) is 0 Å². The zero-order valence-corrected chi connectivity index (χ0v) is 16.9. The number of amides is 1. The molecule has 0 fully saturated rings. The van der Waals surface area contributed by atoms with Crippen LogP contribution in [-0.4, -0.2) is 39.8 Å². The molecule has 0 radical (unpaired) electrons. The number of fused-ring (bicyclic) bond motifs is 3. The standard InChI is InChI=1S/C20H28N4O4/c1-5-14(19(25)21-9-8-10-27-7-3)24-20(26)16-12-17-15(11-13(4)28-17)23(16)18(6-2)22-24/h11-12,14H,5-10H2,1-4H3,(H,21,25). The molecule has 3 rings (SSSR count). The van der Waals surface area contributed by atoms with E-state index >= 15 is 0 Å². The van der Waals surface area contributed by atoms with Crippen molar-refractivity contribution >= 4 is 22.5 Å². The van der Waals surface area contributed by atoms with Crippen LogP contribution in [0.1, 0.15) is 51.2 Å². The molecule has 0 aliphatic carbocycles. The minimum absolute atomic E-state index is 0.203. The fourth-order valence-electron chi connectivity index (χ4n) is 3.44. The van der Waals surface area contributed by atoms with Gasteiger partial charge in [0.2, 0.25) is 5.91 Å². The molecule has 0 saturated carbocycles. The topological polar surface area (TPSA) is 90.8 Å². The first-order valence-corrected chi connectivity index (χ1v) is 9.90. The zero-order valence-electron chi connectivity index (χ0n) is 16.9. The summed E-state index contributed by atoms with van der Waals surface area (Å²) in [5, 5.41) is 7.43. The fraction of sp³-hybridized carbons (Fsp3) is 0.550. The molecule has 0 aliphatic heterocycles. The summed E-state index contributed by atoms with van der Waals surface area (Å²) >= 11 is 0. The van der Waals surface area contributed by atoms with Crippen molar-refractivity contribution in [3.05, 3.63) is 34.1 Å². The Morgan fingerprint density at radius 1 is 1.29 bits per heavy atom. The molecule has 28 heavy (non-hydrogen) atoms. The van der Waals surface area contributed by atoms with E-state index in [9.17, 15) is 9.59 Å². The number of carbonyl (C=O) groups is 1. The highest BCUT2D eigenvalue weighted by molar-refractivity contribution is 5.83. The van der Waals surface area contributed by atoms with Gasteiger partial charge >= 0.3 is 0 Å². The third kappa shape index (κ3) is 3.69. The van der Waals surface area contributed by atoms with Gasteiger partial charge in [-0.1, -0.05) is 13.8 Å². The summed E-state index contributed by atoms with van der Waals surface area (Å²) in [5.41, 5.74) is 1.66. The maximum absolute atomic E-state index is 13.1. The summed E-state index contributed by atoms with van der Waals surface area (Å²) in [6.45, 7) is 9.42. The van der Waals surface area contributed by atoms with Crippen LogP contribution in [0, 0.1) is 6.92 Å². The van der Waals surface area contributed by atoms with Gasteiger partial charge in [0.1, 0.15) is 23.1 Å². The summed E-state index contributed by atoms with van der Waals surface area (Å²) in [7, 11) is 0. The Bertz CT molecular complexity index is 1030. The van der Waals surface area contributed by atoms with Crippen molar-refractivity contribution in [2.75, 3.05) is 19.8 Å². The molecule has 1 atom stereocenters. The summed E-state index contributed by atoms with van der Waals surface area (Å²) < 4.78 is 14.1. The molecule has 8 heteroatoms. The number of aryl methyl sites for hydroxylation is 2. The van der Waals surface area contributed by atoms with E-state index in [1.54, 1.807) is 6.07 Å². The minimum atomic E-state index is -0.655. The molecule has 1 N–H and O–H groups in total. The highest BCUT2D eigenvalue weighted by Crippen LogP contribution is 2.23. The summed E-state index contributed by atoms with van der Waals surface area (Å²) in [4.78, 5) is 25.8. The van der Waals surface area contributed by atoms with Gasteiger partial charge in [0, 0.05) is 38.3 Å². The molecular formula is C20H28N4O4. The van der Waals surface area contributed by atoms with E-state index in [4.69, 9.17) is 9.15 Å². The van der Waals surface area contributed by atoms with Crippen molar-refractivity contribution in [3.8, 4) is 0 Å². The number of hydrogen-bond acceptors (Lipinski definition) is 5. The third-order valence-corrected chi connectivity index (χ3v) is 4.79. The van der Waals surface area contributed by atoms with Crippen molar-refractivity contribution in [2.45, 2.75) is 53.0 Å². The van der Waals surface area contributed by atoms with E-state index in [1.165, 1.54) is 4.68 Å². The quantitative estimate of drug-likeness (QED) is 0.569. The smallest absolute Gasteiger partial charge is 0.291 e. The number of ether oxygens (including phenoxy) is 1. The number of nitrogens with zero attached hydrogens (tertiary/aromatic N) is 3. The molecule has 1 amide bonds. The van der Waals surface area contributed by atoms with E-state index in [1.807, 2.05) is 38.2 Å². The lowest BCUT2D eigenvalue weighted by atomic mass is 10.2. The average Bonchev–Trinajstić information content (AvgIpc) is 3.20. The van der Waals surface area contributed by atoms with Crippen molar-refractivity contribution < 1.29 is 13.9 Å². The molecular weight excluding hydrogens is 360 g/mol. The number of aromatic nitrogens is 3. The van der Waals surface area contributed by atoms with E-state index in [0.29, 0.717) is 49.5 Å². The minimum Gasteiger partial charge on any atom is -0.460 e. The highest BCUT2D eigenvalue weighted by atomic mass is 16.5. The van der Waals surface area contributed by atoms with Gasteiger partial charge in [0.15, 0.2) is 5.58 Å². The van der Waals surface area contributed by atoms with Crippen LogP contribution in [0.2, 0.25) is 0 Å². The van der Waals surface area contributed by atoms with E-state index in [0.717, 1.165) is 17.7 Å². The predicted octanol–water partition coefficient (Wildman–Crippen LogP) is 2.61. The lowest BCUT2D eigenvalue weighted by Gasteiger charge is -2.18. The van der Waals surface area contributed by atoms with Crippen LogP contribution in [0.5, 0.6) is 0 Å². The molecule has 0 spiro atoms. The van der Waals surface area contributed by atoms with E-state index in [-0.39, 0.29) is 11.5 Å². The van der Waals surface area contributed by atoms with Gasteiger partial charge in [-0.25, -0.2) is 4.68 Å². The van der Waals surface area contributed by atoms with Gasteiger partial charge in [-0.05, 0) is 26.7 Å². The largest absolute Gasteiger partial charge is 0.460 e. The molecule has 1 unspecified atom stereocenters. The van der Waals surface area contributed by atoms with Gasteiger partial charge in [0.25, 0.3) is 5.56 Å². The van der Waals surface area contributed by atoms with Gasteiger partial charge in [-0.15, -0.1) is 0 Å². The average molecular weight is 388 g/mol. The molecule has 3 heterocycles. The molecule has 0 bridgehead atoms. The number of rotatable bonds is 9. The maximum Gasteiger partial charge on any atom is 0.291 e. The normalized spacial score (nSPS) is 12.7. The van der Waals surface area contributed by atoms with E-state index < -0.39 is 6.04 Å². The number of nitrogens with one attached hydrogen (secondary N) is 1. The lowest BCUT2D eigenvalue weighted by Crippen LogP contribution is -2.40. The van der Waals surface area contributed by atoms with Crippen LogP contribution in [0.4, 0.5) is 0 Å². The van der Waals surface area contributed by atoms with Crippen LogP contribution in [0.25, 0.3) is 16.6 Å². The van der Waals surface area contributed by atoms with Gasteiger partial charge in [-0.3, -0.25) is 14.0 Å². The first kappa shape index (κ1) is 20.1. The second-order valence-corrected chi connectivity index (χ2v) is 6.76. The Balaban J connectivity index is 1.95. The Morgan fingerprint density at radius 3 is 2.75 bits per heavy atom. The van der Waals surface area contributed by atoms with E-state index in [2.05, 4.69) is 10.4 Å². The SMILES string of the molecule is CCOCCCNC(=O)C(CC)n1nc(CC)n2c(cc3oc(C)cc32)c1=O. The highest BCUT2D eigenvalue weighted by Gasteiger charge is 2.24. The summed E-state index contributed by atoms with van der Waals surface area (Å²) in [6.07, 6.45) is 1.82. The first-order chi connectivity index (χ1) is 13.5. The molecule has 0 aromatic carbocycles. The Kier molecular flexibility index (Phi) is 6.18. The second kappa shape index (κ2) is 8.60. The third-order valence-electron chi connectivity index (χ3n) is 4.79.